The Bertz CT molecular complexity index is 169. The third kappa shape index (κ3) is 6.66. The molecule has 0 aromatic rings. The summed E-state index contributed by atoms with van der Waals surface area (Å²) in [6.45, 7) is 5.02. The largest absolute Gasteiger partial charge is 0.478 e. The van der Waals surface area contributed by atoms with Crippen LogP contribution < -0.4 is 0 Å². The molecule has 0 unspecified atom stereocenters. The second kappa shape index (κ2) is 7.56. The minimum atomic E-state index is -0.935. The van der Waals surface area contributed by atoms with E-state index in [1.165, 1.54) is 39.0 Å². The summed E-state index contributed by atoms with van der Waals surface area (Å²) in [7, 11) is 0. The van der Waals surface area contributed by atoms with Gasteiger partial charge >= 0.3 is 5.97 Å². The fourth-order valence-electron chi connectivity index (χ4n) is 1.37. The Morgan fingerprint density at radius 2 is 1.79 bits per heavy atom. The topological polar surface area (TPSA) is 57.5 Å². The first-order valence-electron chi connectivity index (χ1n) is 5.07. The zero-order valence-electron chi connectivity index (χ0n) is 8.83. The van der Waals surface area contributed by atoms with Crippen LogP contribution in [0.2, 0.25) is 0 Å². The van der Waals surface area contributed by atoms with E-state index in [1.54, 1.807) is 0 Å². The summed E-state index contributed by atoms with van der Waals surface area (Å²) >= 11 is 0. The van der Waals surface area contributed by atoms with Crippen LogP contribution in [0.4, 0.5) is 0 Å². The summed E-state index contributed by atoms with van der Waals surface area (Å²) in [6.07, 6.45) is 6.58. The normalized spacial score (nSPS) is 16.7. The van der Waals surface area contributed by atoms with Gasteiger partial charge in [-0.2, -0.15) is 0 Å². The average molecular weight is 200 g/mol. The minimum Gasteiger partial charge on any atom is -0.478 e. The molecule has 1 fully saturated rings. The molecule has 82 valence electrons. The highest BCUT2D eigenvalue weighted by molar-refractivity contribution is 5.84. The lowest BCUT2D eigenvalue weighted by molar-refractivity contribution is -0.132. The highest BCUT2D eigenvalue weighted by Gasteiger charge is 2.10. The molecule has 14 heavy (non-hydrogen) atoms. The molecular weight excluding hydrogens is 180 g/mol. The van der Waals surface area contributed by atoms with Gasteiger partial charge in [0.1, 0.15) is 0 Å². The van der Waals surface area contributed by atoms with E-state index in [2.05, 4.69) is 6.58 Å². The summed E-state index contributed by atoms with van der Waals surface area (Å²) in [4.78, 5) is 9.60. The predicted molar refractivity (Wildman–Crippen MR) is 56.1 cm³/mol. The lowest BCUT2D eigenvalue weighted by atomic mass is 9.90. The molecule has 2 N–H and O–H groups in total. The smallest absolute Gasteiger partial charge is 0.330 e. The van der Waals surface area contributed by atoms with Gasteiger partial charge in [-0.3, -0.25) is 0 Å². The van der Waals surface area contributed by atoms with E-state index in [9.17, 15) is 4.79 Å². The van der Waals surface area contributed by atoms with Crippen LogP contribution in [0.3, 0.4) is 0 Å². The molecule has 1 rings (SSSR count). The maximum atomic E-state index is 9.60. The molecule has 0 aromatic carbocycles. The van der Waals surface area contributed by atoms with E-state index in [1.807, 2.05) is 0 Å². The van der Waals surface area contributed by atoms with Crippen LogP contribution in [0.15, 0.2) is 12.2 Å². The van der Waals surface area contributed by atoms with E-state index in [0.29, 0.717) is 12.5 Å². The van der Waals surface area contributed by atoms with Crippen LogP contribution in [0.5, 0.6) is 0 Å². The van der Waals surface area contributed by atoms with Crippen molar-refractivity contribution in [2.24, 2.45) is 5.92 Å². The predicted octanol–water partition coefficient (Wildman–Crippen LogP) is 2.21. The van der Waals surface area contributed by atoms with Crippen molar-refractivity contribution in [2.45, 2.75) is 39.0 Å². The highest BCUT2D eigenvalue weighted by atomic mass is 16.4. The van der Waals surface area contributed by atoms with Gasteiger partial charge < -0.3 is 10.2 Å². The molecule has 0 spiro atoms. The fourth-order valence-corrected chi connectivity index (χ4v) is 1.37. The third-order valence-electron chi connectivity index (χ3n) is 2.35. The molecular formula is C11H20O3. The Hall–Kier alpha value is -0.830. The zero-order valence-corrected chi connectivity index (χ0v) is 8.83. The monoisotopic (exact) mass is 200 g/mol. The van der Waals surface area contributed by atoms with Crippen molar-refractivity contribution in [2.75, 3.05) is 6.61 Å². The molecule has 3 nitrogen and oxygen atoms in total. The van der Waals surface area contributed by atoms with Gasteiger partial charge in [-0.05, 0) is 25.7 Å². The SMILES string of the molecule is C=C(C)C(=O)O.OCC1CCCCC1. The molecule has 0 aliphatic heterocycles. The molecule has 1 saturated carbocycles. The number of aliphatic hydroxyl groups is 1. The van der Waals surface area contributed by atoms with Crippen molar-refractivity contribution in [3.05, 3.63) is 12.2 Å². The Morgan fingerprint density at radius 3 is 2.00 bits per heavy atom. The van der Waals surface area contributed by atoms with Crippen molar-refractivity contribution >= 4 is 5.97 Å². The van der Waals surface area contributed by atoms with Crippen LogP contribution in [0.1, 0.15) is 39.0 Å². The number of aliphatic hydroxyl groups excluding tert-OH is 1. The Morgan fingerprint density at radius 1 is 1.36 bits per heavy atom. The average Bonchev–Trinajstić information content (AvgIpc) is 2.20. The van der Waals surface area contributed by atoms with E-state index < -0.39 is 5.97 Å². The lowest BCUT2D eigenvalue weighted by Crippen LogP contribution is -2.09. The molecule has 1 aliphatic carbocycles. The first kappa shape index (κ1) is 13.2. The van der Waals surface area contributed by atoms with Crippen molar-refractivity contribution < 1.29 is 15.0 Å². The van der Waals surface area contributed by atoms with E-state index >= 15 is 0 Å². The van der Waals surface area contributed by atoms with Gasteiger partial charge in [0.15, 0.2) is 0 Å². The quantitative estimate of drug-likeness (QED) is 0.672. The zero-order chi connectivity index (χ0) is 11.0. The first-order chi connectivity index (χ1) is 6.57. The maximum Gasteiger partial charge on any atom is 0.330 e. The second-order valence-corrected chi connectivity index (χ2v) is 3.77. The van der Waals surface area contributed by atoms with E-state index in [0.717, 1.165) is 0 Å². The number of carboxylic acid groups (broad SMARTS) is 1. The number of aliphatic carboxylic acids is 1. The van der Waals surface area contributed by atoms with Gasteiger partial charge in [0.25, 0.3) is 0 Å². The summed E-state index contributed by atoms with van der Waals surface area (Å²) < 4.78 is 0. The van der Waals surface area contributed by atoms with Gasteiger partial charge in [-0.25, -0.2) is 4.79 Å². The molecule has 0 bridgehead atoms. The van der Waals surface area contributed by atoms with Crippen LogP contribution in [-0.2, 0) is 4.79 Å². The van der Waals surface area contributed by atoms with E-state index in [-0.39, 0.29) is 5.57 Å². The van der Waals surface area contributed by atoms with Gasteiger partial charge in [0, 0.05) is 12.2 Å². The Balaban J connectivity index is 0.000000255. The number of hydrogen-bond acceptors (Lipinski definition) is 2. The molecule has 0 atom stereocenters. The molecule has 1 aliphatic rings. The van der Waals surface area contributed by atoms with Gasteiger partial charge in [0.05, 0.1) is 0 Å². The number of hydrogen-bond donors (Lipinski definition) is 2. The van der Waals surface area contributed by atoms with E-state index in [4.69, 9.17) is 10.2 Å². The molecule has 0 aromatic heterocycles. The Labute approximate surface area is 85.4 Å². The Kier molecular flexibility index (Phi) is 7.11. The van der Waals surface area contributed by atoms with Gasteiger partial charge in [-0.15, -0.1) is 0 Å². The molecule has 0 radical (unpaired) electrons. The summed E-state index contributed by atoms with van der Waals surface area (Å²) in [5, 5.41) is 16.6. The minimum absolute atomic E-state index is 0.176. The summed E-state index contributed by atoms with van der Waals surface area (Å²) in [5.41, 5.74) is 0.176. The van der Waals surface area contributed by atoms with Crippen LogP contribution in [-0.4, -0.2) is 22.8 Å². The highest BCUT2D eigenvalue weighted by Crippen LogP contribution is 2.22. The van der Waals surface area contributed by atoms with Crippen molar-refractivity contribution in [3.8, 4) is 0 Å². The first-order valence-corrected chi connectivity index (χ1v) is 5.07. The van der Waals surface area contributed by atoms with Crippen LogP contribution in [0.25, 0.3) is 0 Å². The van der Waals surface area contributed by atoms with Crippen molar-refractivity contribution in [1.29, 1.82) is 0 Å². The second-order valence-electron chi connectivity index (χ2n) is 3.77. The van der Waals surface area contributed by atoms with Crippen LogP contribution >= 0.6 is 0 Å². The number of rotatable bonds is 2. The third-order valence-corrected chi connectivity index (χ3v) is 2.35. The van der Waals surface area contributed by atoms with Crippen molar-refractivity contribution in [1.82, 2.24) is 0 Å². The van der Waals surface area contributed by atoms with Gasteiger partial charge in [-0.1, -0.05) is 25.8 Å². The number of carbonyl (C=O) groups is 1. The summed E-state index contributed by atoms with van der Waals surface area (Å²) in [6, 6.07) is 0. The molecule has 3 heteroatoms. The molecule has 0 saturated heterocycles. The maximum absolute atomic E-state index is 9.60. The van der Waals surface area contributed by atoms with Crippen LogP contribution in [0, 0.1) is 5.92 Å². The number of carboxylic acids is 1. The van der Waals surface area contributed by atoms with Gasteiger partial charge in [0.2, 0.25) is 0 Å². The molecule has 0 heterocycles. The standard InChI is InChI=1S/C7H14O.C4H6O2/c8-6-7-4-2-1-3-5-7;1-3(2)4(5)6/h7-8H,1-6H2;1H2,2H3,(H,5,6). The lowest BCUT2D eigenvalue weighted by Gasteiger charge is -2.18. The van der Waals surface area contributed by atoms with Crippen molar-refractivity contribution in [3.63, 3.8) is 0 Å². The molecule has 0 amide bonds. The fraction of sp³-hybridized carbons (Fsp3) is 0.727. The summed E-state index contributed by atoms with van der Waals surface area (Å²) in [5.74, 6) is -0.293.